The third-order valence-electron chi connectivity index (χ3n) is 1.47. The fourth-order valence-corrected chi connectivity index (χ4v) is 0.971. The molecule has 10 heavy (non-hydrogen) atoms. The Morgan fingerprint density at radius 2 is 2.70 bits per heavy atom. The molecule has 1 N–H and O–H groups in total. The fraction of sp³-hybridized carbons (Fsp3) is 0.571. The first-order valence-corrected chi connectivity index (χ1v) is 3.29. The molecule has 1 atom stereocenters. The maximum Gasteiger partial charge on any atom is 0.106 e. The van der Waals surface area contributed by atoms with E-state index in [1.807, 2.05) is 0 Å². The molecule has 0 bridgehead atoms. The quantitative estimate of drug-likeness (QED) is 0.345. The molecule has 0 aromatic carbocycles. The van der Waals surface area contributed by atoms with E-state index in [9.17, 15) is 0 Å². The highest BCUT2D eigenvalue weighted by Gasteiger charge is 2.14. The normalized spacial score (nSPS) is 26.1. The molecule has 1 saturated heterocycles. The van der Waals surface area contributed by atoms with Gasteiger partial charge in [-0.1, -0.05) is 17.3 Å². The second-order valence-corrected chi connectivity index (χ2v) is 2.38. The molecule has 1 heterocycles. The van der Waals surface area contributed by atoms with Gasteiger partial charge in [-0.15, -0.1) is 0 Å². The molecule has 0 radical (unpaired) electrons. The summed E-state index contributed by atoms with van der Waals surface area (Å²) in [4.78, 5) is 4.54. The lowest BCUT2D eigenvalue weighted by atomic mass is 10.2. The van der Waals surface area contributed by atoms with Crippen LogP contribution in [0.25, 0.3) is 0 Å². The molecule has 0 saturated carbocycles. The summed E-state index contributed by atoms with van der Waals surface area (Å²) >= 11 is 0. The van der Waals surface area contributed by atoms with E-state index in [4.69, 9.17) is 0 Å². The summed E-state index contributed by atoms with van der Waals surface area (Å²) in [6.45, 7) is 4.75. The van der Waals surface area contributed by atoms with Crippen molar-refractivity contribution in [1.29, 1.82) is 0 Å². The van der Waals surface area contributed by atoms with Crippen molar-refractivity contribution in [2.45, 2.75) is 12.5 Å². The molecule has 1 aliphatic rings. The topological polar surface area (TPSA) is 33.6 Å². The van der Waals surface area contributed by atoms with Gasteiger partial charge in [0.1, 0.15) is 7.11 Å². The van der Waals surface area contributed by atoms with Crippen molar-refractivity contribution in [3.63, 3.8) is 0 Å². The smallest absolute Gasteiger partial charge is 0.106 e. The molecule has 0 aromatic heterocycles. The van der Waals surface area contributed by atoms with Crippen LogP contribution in [0.2, 0.25) is 0 Å². The first kappa shape index (κ1) is 7.28. The summed E-state index contributed by atoms with van der Waals surface area (Å²) < 4.78 is 0. The minimum Gasteiger partial charge on any atom is -0.399 e. The molecule has 0 unspecified atom stereocenters. The van der Waals surface area contributed by atoms with E-state index in [0.29, 0.717) is 6.04 Å². The zero-order valence-corrected chi connectivity index (χ0v) is 6.13. The van der Waals surface area contributed by atoms with E-state index >= 15 is 0 Å². The third kappa shape index (κ3) is 1.84. The minimum atomic E-state index is 0.326. The minimum absolute atomic E-state index is 0.326. The van der Waals surface area contributed by atoms with Gasteiger partial charge >= 0.3 is 0 Å². The highest BCUT2D eigenvalue weighted by Crippen LogP contribution is 2.07. The standard InChI is InChI=1S/C7H12N2O/c1-6-3-7(8-4-6)5-9-10-2/h5,7-8H,1,3-4H2,2H3/b9-5+/t7-/m0/s1. The third-order valence-corrected chi connectivity index (χ3v) is 1.47. The molecular weight excluding hydrogens is 128 g/mol. The maximum atomic E-state index is 4.54. The van der Waals surface area contributed by atoms with Crippen LogP contribution in [0, 0.1) is 0 Å². The number of oxime groups is 1. The lowest BCUT2D eigenvalue weighted by Gasteiger charge is -1.98. The van der Waals surface area contributed by atoms with Gasteiger partial charge in [0.05, 0.1) is 6.21 Å². The zero-order valence-electron chi connectivity index (χ0n) is 6.13. The number of hydrogen-bond donors (Lipinski definition) is 1. The summed E-state index contributed by atoms with van der Waals surface area (Å²) in [5.74, 6) is 0. The van der Waals surface area contributed by atoms with Crippen LogP contribution in [0.15, 0.2) is 17.3 Å². The van der Waals surface area contributed by atoms with Crippen molar-refractivity contribution >= 4 is 6.21 Å². The summed E-state index contributed by atoms with van der Waals surface area (Å²) in [6, 6.07) is 0.326. The Balaban J connectivity index is 2.31. The molecule has 0 spiro atoms. The lowest BCUT2D eigenvalue weighted by molar-refractivity contribution is 0.214. The summed E-state index contributed by atoms with van der Waals surface area (Å²) in [5, 5.41) is 6.87. The lowest BCUT2D eigenvalue weighted by Crippen LogP contribution is -2.22. The van der Waals surface area contributed by atoms with Crippen molar-refractivity contribution in [2.75, 3.05) is 13.7 Å². The fourth-order valence-electron chi connectivity index (χ4n) is 0.971. The average molecular weight is 140 g/mol. The van der Waals surface area contributed by atoms with E-state index in [1.54, 1.807) is 13.3 Å². The monoisotopic (exact) mass is 140 g/mol. The SMILES string of the molecule is C=C1CN[C@H](/C=N/OC)C1. The Kier molecular flexibility index (Phi) is 2.45. The first-order valence-electron chi connectivity index (χ1n) is 3.29. The van der Waals surface area contributed by atoms with E-state index in [0.717, 1.165) is 13.0 Å². The highest BCUT2D eigenvalue weighted by atomic mass is 16.6. The van der Waals surface area contributed by atoms with Gasteiger partial charge < -0.3 is 10.2 Å². The largest absolute Gasteiger partial charge is 0.399 e. The van der Waals surface area contributed by atoms with Gasteiger partial charge in [-0.3, -0.25) is 0 Å². The molecule has 0 amide bonds. The molecule has 0 aromatic rings. The predicted molar refractivity (Wildman–Crippen MR) is 41.0 cm³/mol. The molecule has 1 rings (SSSR count). The molecule has 3 nitrogen and oxygen atoms in total. The van der Waals surface area contributed by atoms with Crippen molar-refractivity contribution in [3.05, 3.63) is 12.2 Å². The van der Waals surface area contributed by atoms with Gasteiger partial charge in [0, 0.05) is 12.6 Å². The summed E-state index contributed by atoms with van der Waals surface area (Å²) in [7, 11) is 1.54. The van der Waals surface area contributed by atoms with Crippen LogP contribution in [0.4, 0.5) is 0 Å². The number of nitrogens with one attached hydrogen (secondary N) is 1. The highest BCUT2D eigenvalue weighted by molar-refractivity contribution is 5.65. The summed E-state index contributed by atoms with van der Waals surface area (Å²) in [6.07, 6.45) is 2.74. The van der Waals surface area contributed by atoms with Gasteiger partial charge in [-0.2, -0.15) is 0 Å². The molecule has 56 valence electrons. The number of nitrogens with zero attached hydrogens (tertiary/aromatic N) is 1. The molecule has 0 aliphatic carbocycles. The van der Waals surface area contributed by atoms with Crippen LogP contribution in [0.1, 0.15) is 6.42 Å². The van der Waals surface area contributed by atoms with E-state index < -0.39 is 0 Å². The summed E-state index contributed by atoms with van der Waals surface area (Å²) in [5.41, 5.74) is 1.23. The Morgan fingerprint density at radius 1 is 1.90 bits per heavy atom. The molecule has 1 aliphatic heterocycles. The van der Waals surface area contributed by atoms with Crippen molar-refractivity contribution in [2.24, 2.45) is 5.16 Å². The van der Waals surface area contributed by atoms with Gasteiger partial charge in [0.15, 0.2) is 0 Å². The number of hydrogen-bond acceptors (Lipinski definition) is 3. The molecular formula is C7H12N2O. The Hall–Kier alpha value is -0.830. The van der Waals surface area contributed by atoms with E-state index in [-0.39, 0.29) is 0 Å². The second-order valence-electron chi connectivity index (χ2n) is 2.38. The average Bonchev–Trinajstić information content (AvgIpc) is 2.31. The predicted octanol–water partition coefficient (Wildman–Crippen LogP) is 0.537. The Labute approximate surface area is 60.7 Å². The number of rotatable bonds is 2. The second kappa shape index (κ2) is 3.37. The van der Waals surface area contributed by atoms with Crippen LogP contribution in [-0.4, -0.2) is 25.9 Å². The van der Waals surface area contributed by atoms with Gasteiger partial charge in [0.25, 0.3) is 0 Å². The molecule has 3 heteroatoms. The van der Waals surface area contributed by atoms with E-state index in [1.165, 1.54) is 5.57 Å². The van der Waals surface area contributed by atoms with Crippen LogP contribution in [0.3, 0.4) is 0 Å². The van der Waals surface area contributed by atoms with Crippen LogP contribution in [-0.2, 0) is 4.84 Å². The Bertz CT molecular complexity index is 154. The Morgan fingerprint density at radius 3 is 3.20 bits per heavy atom. The van der Waals surface area contributed by atoms with Crippen molar-refractivity contribution in [3.8, 4) is 0 Å². The van der Waals surface area contributed by atoms with E-state index in [2.05, 4.69) is 21.9 Å². The van der Waals surface area contributed by atoms with Crippen LogP contribution >= 0.6 is 0 Å². The van der Waals surface area contributed by atoms with Gasteiger partial charge in [-0.25, -0.2) is 0 Å². The maximum absolute atomic E-state index is 4.54. The van der Waals surface area contributed by atoms with Crippen LogP contribution in [0.5, 0.6) is 0 Å². The zero-order chi connectivity index (χ0) is 7.40. The van der Waals surface area contributed by atoms with Gasteiger partial charge in [0.2, 0.25) is 0 Å². The first-order chi connectivity index (χ1) is 4.83. The van der Waals surface area contributed by atoms with Crippen LogP contribution < -0.4 is 5.32 Å². The van der Waals surface area contributed by atoms with Gasteiger partial charge in [-0.05, 0) is 6.42 Å². The van der Waals surface area contributed by atoms with Crippen molar-refractivity contribution < 1.29 is 4.84 Å². The van der Waals surface area contributed by atoms with Crippen molar-refractivity contribution in [1.82, 2.24) is 5.32 Å². The molecule has 1 fully saturated rings.